The molecular weight excluding hydrogens is 233 g/mol. The smallest absolute Gasteiger partial charge is 0.305 e. The summed E-state index contributed by atoms with van der Waals surface area (Å²) < 4.78 is 15.5. The summed E-state index contributed by atoms with van der Waals surface area (Å²) in [6.07, 6.45) is 0.898. The molecule has 5 heteroatoms. The maximum atomic E-state index is 13.9. The highest BCUT2D eigenvalue weighted by molar-refractivity contribution is 5.75. The number of fused-ring (bicyclic) bond motifs is 1. The van der Waals surface area contributed by atoms with Crippen LogP contribution in [0.1, 0.15) is 19.4 Å². The summed E-state index contributed by atoms with van der Waals surface area (Å²) in [5.74, 6) is -0.333. The second-order valence-corrected chi connectivity index (χ2v) is 4.77. The molecule has 1 atom stereocenters. The molecule has 1 fully saturated rings. The average Bonchev–Trinajstić information content (AvgIpc) is 2.92. The monoisotopic (exact) mass is 249 g/mol. The first kappa shape index (κ1) is 11.5. The number of likely N-dealkylation sites (N-methyl/N-ethyl adjacent to an activating group) is 1. The Kier molecular flexibility index (Phi) is 2.70. The van der Waals surface area contributed by atoms with Gasteiger partial charge in [0.2, 0.25) is 0 Å². The van der Waals surface area contributed by atoms with Crippen LogP contribution in [0, 0.1) is 5.82 Å². The largest absolute Gasteiger partial charge is 0.326 e. The second kappa shape index (κ2) is 4.24. The van der Waals surface area contributed by atoms with Crippen LogP contribution in [0.2, 0.25) is 0 Å². The SMILES string of the molecule is CCN1CCC(n2c(=O)[nH]c3cccc(F)c32)C1. The molecule has 1 aromatic heterocycles. The number of H-pyrrole nitrogens is 1. The molecule has 2 heterocycles. The lowest BCUT2D eigenvalue weighted by atomic mass is 10.2. The lowest BCUT2D eigenvalue weighted by molar-refractivity contribution is 0.341. The number of benzene rings is 1. The third kappa shape index (κ3) is 1.66. The topological polar surface area (TPSA) is 41.0 Å². The first-order chi connectivity index (χ1) is 8.70. The number of hydrogen-bond acceptors (Lipinski definition) is 2. The molecule has 1 aliphatic heterocycles. The van der Waals surface area contributed by atoms with Crippen LogP contribution in [-0.2, 0) is 0 Å². The number of likely N-dealkylation sites (tertiary alicyclic amines) is 1. The van der Waals surface area contributed by atoms with Gasteiger partial charge < -0.3 is 9.88 Å². The number of nitrogens with zero attached hydrogens (tertiary/aromatic N) is 2. The van der Waals surface area contributed by atoms with Crippen molar-refractivity contribution in [3.63, 3.8) is 0 Å². The molecule has 0 spiro atoms. The van der Waals surface area contributed by atoms with Crippen molar-refractivity contribution >= 4 is 11.0 Å². The number of aromatic nitrogens is 2. The predicted molar refractivity (Wildman–Crippen MR) is 68.3 cm³/mol. The van der Waals surface area contributed by atoms with E-state index in [0.29, 0.717) is 11.0 Å². The molecule has 18 heavy (non-hydrogen) atoms. The Morgan fingerprint density at radius 1 is 1.50 bits per heavy atom. The number of nitrogens with one attached hydrogen (secondary N) is 1. The van der Waals surface area contributed by atoms with Crippen molar-refractivity contribution in [2.45, 2.75) is 19.4 Å². The molecule has 3 rings (SSSR count). The zero-order valence-corrected chi connectivity index (χ0v) is 10.3. The van der Waals surface area contributed by atoms with E-state index in [4.69, 9.17) is 0 Å². The number of para-hydroxylation sites is 1. The standard InChI is InChI=1S/C13H16FN3O/c1-2-16-7-6-9(8-16)17-12-10(14)4-3-5-11(12)15-13(17)18/h3-5,9H,2,6-8H2,1H3,(H,15,18). The Labute approximate surface area is 104 Å². The van der Waals surface area contributed by atoms with E-state index in [1.54, 1.807) is 16.7 Å². The van der Waals surface area contributed by atoms with Gasteiger partial charge in [0.1, 0.15) is 11.3 Å². The minimum atomic E-state index is -0.333. The highest BCUT2D eigenvalue weighted by atomic mass is 19.1. The van der Waals surface area contributed by atoms with Gasteiger partial charge >= 0.3 is 5.69 Å². The van der Waals surface area contributed by atoms with Gasteiger partial charge in [0, 0.05) is 13.1 Å². The van der Waals surface area contributed by atoms with Crippen LogP contribution in [0.3, 0.4) is 0 Å². The highest BCUT2D eigenvalue weighted by Gasteiger charge is 2.26. The zero-order valence-electron chi connectivity index (χ0n) is 10.3. The molecule has 0 saturated carbocycles. The Balaban J connectivity index is 2.12. The summed E-state index contributed by atoms with van der Waals surface area (Å²) in [5.41, 5.74) is 0.776. The molecule has 0 amide bonds. The van der Waals surface area contributed by atoms with Gasteiger partial charge in [-0.3, -0.25) is 4.57 Å². The molecule has 1 unspecified atom stereocenters. The predicted octanol–water partition coefficient (Wildman–Crippen LogP) is 1.74. The normalized spacial score (nSPS) is 20.9. The lowest BCUT2D eigenvalue weighted by Gasteiger charge is -2.14. The molecule has 1 aliphatic rings. The summed E-state index contributed by atoms with van der Waals surface area (Å²) in [7, 11) is 0. The maximum absolute atomic E-state index is 13.9. The van der Waals surface area contributed by atoms with E-state index < -0.39 is 0 Å². The van der Waals surface area contributed by atoms with Crippen LogP contribution in [0.4, 0.5) is 4.39 Å². The fraction of sp³-hybridized carbons (Fsp3) is 0.462. The van der Waals surface area contributed by atoms with Crippen molar-refractivity contribution in [1.82, 2.24) is 14.5 Å². The van der Waals surface area contributed by atoms with Gasteiger partial charge in [0.25, 0.3) is 0 Å². The Morgan fingerprint density at radius 3 is 3.06 bits per heavy atom. The fourth-order valence-electron chi connectivity index (χ4n) is 2.80. The summed E-state index contributed by atoms with van der Waals surface area (Å²) in [5, 5.41) is 0. The molecule has 2 aromatic rings. The van der Waals surface area contributed by atoms with Crippen molar-refractivity contribution in [2.24, 2.45) is 0 Å². The van der Waals surface area contributed by atoms with E-state index in [-0.39, 0.29) is 17.5 Å². The molecule has 96 valence electrons. The Bertz CT molecular complexity index is 631. The van der Waals surface area contributed by atoms with E-state index in [1.165, 1.54) is 6.07 Å². The van der Waals surface area contributed by atoms with Gasteiger partial charge in [-0.15, -0.1) is 0 Å². The number of hydrogen-bond donors (Lipinski definition) is 1. The quantitative estimate of drug-likeness (QED) is 0.880. The molecule has 0 bridgehead atoms. The van der Waals surface area contributed by atoms with Crippen LogP contribution in [0.5, 0.6) is 0 Å². The van der Waals surface area contributed by atoms with Crippen molar-refractivity contribution in [3.05, 3.63) is 34.5 Å². The molecule has 0 aliphatic carbocycles. The van der Waals surface area contributed by atoms with Gasteiger partial charge in [0.15, 0.2) is 0 Å². The lowest BCUT2D eigenvalue weighted by Crippen LogP contribution is -2.26. The maximum Gasteiger partial charge on any atom is 0.326 e. The van der Waals surface area contributed by atoms with E-state index in [1.807, 2.05) is 0 Å². The molecule has 1 aromatic carbocycles. The third-order valence-corrected chi connectivity index (χ3v) is 3.75. The van der Waals surface area contributed by atoms with Crippen LogP contribution in [-0.4, -0.2) is 34.1 Å². The first-order valence-corrected chi connectivity index (χ1v) is 6.31. The van der Waals surface area contributed by atoms with Gasteiger partial charge in [-0.05, 0) is 25.1 Å². The summed E-state index contributed by atoms with van der Waals surface area (Å²) >= 11 is 0. The van der Waals surface area contributed by atoms with E-state index >= 15 is 0 Å². The molecule has 4 nitrogen and oxygen atoms in total. The van der Waals surface area contributed by atoms with Crippen molar-refractivity contribution in [1.29, 1.82) is 0 Å². The summed E-state index contributed by atoms with van der Waals surface area (Å²) in [6.45, 7) is 4.85. The van der Waals surface area contributed by atoms with Crippen molar-refractivity contribution in [3.8, 4) is 0 Å². The minimum Gasteiger partial charge on any atom is -0.305 e. The summed E-state index contributed by atoms with van der Waals surface area (Å²) in [6, 6.07) is 4.83. The number of rotatable bonds is 2. The Hall–Kier alpha value is -1.62. The zero-order chi connectivity index (χ0) is 12.7. The minimum absolute atomic E-state index is 0.0723. The van der Waals surface area contributed by atoms with E-state index in [0.717, 1.165) is 26.1 Å². The number of aromatic amines is 1. The van der Waals surface area contributed by atoms with Crippen molar-refractivity contribution in [2.75, 3.05) is 19.6 Å². The fourth-order valence-corrected chi connectivity index (χ4v) is 2.80. The van der Waals surface area contributed by atoms with Gasteiger partial charge in [0.05, 0.1) is 11.6 Å². The average molecular weight is 249 g/mol. The van der Waals surface area contributed by atoms with Crippen molar-refractivity contribution < 1.29 is 4.39 Å². The number of imidazole rings is 1. The van der Waals surface area contributed by atoms with Crippen LogP contribution >= 0.6 is 0 Å². The first-order valence-electron chi connectivity index (χ1n) is 6.31. The van der Waals surface area contributed by atoms with Gasteiger partial charge in [-0.2, -0.15) is 0 Å². The van der Waals surface area contributed by atoms with Gasteiger partial charge in [-0.25, -0.2) is 9.18 Å². The van der Waals surface area contributed by atoms with Crippen LogP contribution < -0.4 is 5.69 Å². The molecule has 1 N–H and O–H groups in total. The van der Waals surface area contributed by atoms with Crippen LogP contribution in [0.15, 0.2) is 23.0 Å². The van der Waals surface area contributed by atoms with Crippen LogP contribution in [0.25, 0.3) is 11.0 Å². The summed E-state index contributed by atoms with van der Waals surface area (Å²) in [4.78, 5) is 17.0. The molecule has 1 saturated heterocycles. The third-order valence-electron chi connectivity index (χ3n) is 3.75. The molecule has 0 radical (unpaired) electrons. The molecular formula is C13H16FN3O. The number of halogens is 1. The van der Waals surface area contributed by atoms with E-state index in [2.05, 4.69) is 16.8 Å². The van der Waals surface area contributed by atoms with Gasteiger partial charge in [-0.1, -0.05) is 13.0 Å². The second-order valence-electron chi connectivity index (χ2n) is 4.77. The van der Waals surface area contributed by atoms with E-state index in [9.17, 15) is 9.18 Å². The Morgan fingerprint density at radius 2 is 2.33 bits per heavy atom. The highest BCUT2D eigenvalue weighted by Crippen LogP contribution is 2.25.